The zero-order valence-corrected chi connectivity index (χ0v) is 12.2. The molecule has 0 radical (unpaired) electrons. The molecule has 2 atom stereocenters. The van der Waals surface area contributed by atoms with Crippen molar-refractivity contribution in [3.8, 4) is 0 Å². The van der Waals surface area contributed by atoms with Crippen molar-refractivity contribution in [1.82, 2.24) is 4.90 Å². The van der Waals surface area contributed by atoms with Gasteiger partial charge < -0.3 is 15.7 Å². The molecular weight excluding hydrogens is 244 g/mol. The summed E-state index contributed by atoms with van der Waals surface area (Å²) in [4.78, 5) is 25.1. The molecule has 0 aliphatic carbocycles. The van der Waals surface area contributed by atoms with E-state index in [9.17, 15) is 9.59 Å². The number of carbonyl (C=O) groups excluding carboxylic acids is 1. The third kappa shape index (κ3) is 4.82. The molecule has 1 heterocycles. The molecule has 1 aliphatic rings. The summed E-state index contributed by atoms with van der Waals surface area (Å²) < 4.78 is 0. The van der Waals surface area contributed by atoms with Gasteiger partial charge in [-0.2, -0.15) is 0 Å². The second-order valence-electron chi connectivity index (χ2n) is 6.66. The summed E-state index contributed by atoms with van der Waals surface area (Å²) in [5.74, 6) is -1.42. The normalized spacial score (nSPS) is 22.1. The van der Waals surface area contributed by atoms with Crippen molar-refractivity contribution in [3.63, 3.8) is 0 Å². The minimum absolute atomic E-state index is 0.0170. The molecule has 1 saturated heterocycles. The predicted octanol–water partition coefficient (Wildman–Crippen LogP) is 1.32. The number of carboxylic acids is 1. The summed E-state index contributed by atoms with van der Waals surface area (Å²) in [5, 5.41) is 9.06. The van der Waals surface area contributed by atoms with Crippen LogP contribution < -0.4 is 5.73 Å². The summed E-state index contributed by atoms with van der Waals surface area (Å²) in [6.07, 6.45) is 2.15. The Labute approximate surface area is 115 Å². The number of hydrogen-bond donors (Lipinski definition) is 2. The Morgan fingerprint density at radius 1 is 1.42 bits per heavy atom. The van der Waals surface area contributed by atoms with Gasteiger partial charge in [-0.1, -0.05) is 20.8 Å². The highest BCUT2D eigenvalue weighted by molar-refractivity contribution is 5.80. The lowest BCUT2D eigenvalue weighted by Gasteiger charge is -2.34. The topological polar surface area (TPSA) is 83.6 Å². The maximum atomic E-state index is 12.4. The van der Waals surface area contributed by atoms with Gasteiger partial charge in [0.2, 0.25) is 5.91 Å². The number of hydrogen-bond acceptors (Lipinski definition) is 3. The van der Waals surface area contributed by atoms with Crippen LogP contribution in [-0.4, -0.2) is 41.5 Å². The van der Waals surface area contributed by atoms with Crippen molar-refractivity contribution in [1.29, 1.82) is 0 Å². The zero-order valence-electron chi connectivity index (χ0n) is 12.2. The van der Waals surface area contributed by atoms with E-state index >= 15 is 0 Å². The average molecular weight is 270 g/mol. The third-order valence-corrected chi connectivity index (χ3v) is 3.57. The fourth-order valence-corrected chi connectivity index (χ4v) is 2.65. The Bertz CT molecular complexity index is 336. The van der Waals surface area contributed by atoms with Gasteiger partial charge in [-0.15, -0.1) is 0 Å². The van der Waals surface area contributed by atoms with Crippen LogP contribution in [0.1, 0.15) is 40.0 Å². The van der Waals surface area contributed by atoms with Crippen molar-refractivity contribution < 1.29 is 14.7 Å². The number of rotatable bonds is 4. The largest absolute Gasteiger partial charge is 0.481 e. The smallest absolute Gasteiger partial charge is 0.308 e. The molecule has 1 rings (SSSR count). The van der Waals surface area contributed by atoms with Gasteiger partial charge in [-0.05, 0) is 24.7 Å². The second-order valence-corrected chi connectivity index (χ2v) is 6.66. The number of aliphatic carboxylic acids is 1. The van der Waals surface area contributed by atoms with Crippen LogP contribution in [0.25, 0.3) is 0 Å². The molecule has 0 bridgehead atoms. The van der Waals surface area contributed by atoms with Crippen molar-refractivity contribution >= 4 is 11.9 Å². The number of piperidine rings is 1. The maximum Gasteiger partial charge on any atom is 0.308 e. The Morgan fingerprint density at radius 2 is 2.05 bits per heavy atom. The van der Waals surface area contributed by atoms with Gasteiger partial charge >= 0.3 is 5.97 Å². The molecule has 0 aromatic rings. The van der Waals surface area contributed by atoms with E-state index in [4.69, 9.17) is 10.8 Å². The van der Waals surface area contributed by atoms with Gasteiger partial charge in [0.15, 0.2) is 0 Å². The van der Waals surface area contributed by atoms with E-state index in [1.165, 1.54) is 0 Å². The highest BCUT2D eigenvalue weighted by Gasteiger charge is 2.32. The molecule has 1 amide bonds. The molecular formula is C14H26N2O3. The lowest BCUT2D eigenvalue weighted by molar-refractivity contribution is -0.147. The summed E-state index contributed by atoms with van der Waals surface area (Å²) >= 11 is 0. The maximum absolute atomic E-state index is 12.4. The van der Waals surface area contributed by atoms with E-state index in [2.05, 4.69) is 20.8 Å². The van der Waals surface area contributed by atoms with E-state index in [1.54, 1.807) is 4.90 Å². The van der Waals surface area contributed by atoms with Crippen LogP contribution in [0.2, 0.25) is 0 Å². The molecule has 5 nitrogen and oxygen atoms in total. The highest BCUT2D eigenvalue weighted by atomic mass is 16.4. The van der Waals surface area contributed by atoms with Crippen LogP contribution >= 0.6 is 0 Å². The monoisotopic (exact) mass is 270 g/mol. The van der Waals surface area contributed by atoms with E-state index in [-0.39, 0.29) is 17.2 Å². The Kier molecular flexibility index (Phi) is 5.35. The first-order valence-electron chi connectivity index (χ1n) is 6.96. The Balaban J connectivity index is 2.66. The van der Waals surface area contributed by atoms with Crippen molar-refractivity contribution in [2.24, 2.45) is 23.0 Å². The summed E-state index contributed by atoms with van der Waals surface area (Å²) in [6.45, 7) is 7.56. The van der Waals surface area contributed by atoms with Crippen molar-refractivity contribution in [2.45, 2.75) is 40.0 Å². The predicted molar refractivity (Wildman–Crippen MR) is 73.6 cm³/mol. The fourth-order valence-electron chi connectivity index (χ4n) is 2.65. The van der Waals surface area contributed by atoms with Crippen LogP contribution in [0.3, 0.4) is 0 Å². The molecule has 1 fully saturated rings. The zero-order chi connectivity index (χ0) is 14.6. The Hall–Kier alpha value is -1.10. The van der Waals surface area contributed by atoms with E-state index in [0.29, 0.717) is 26.1 Å². The summed E-state index contributed by atoms with van der Waals surface area (Å²) in [6, 6.07) is 0. The molecule has 2 unspecified atom stereocenters. The van der Waals surface area contributed by atoms with Crippen LogP contribution in [0, 0.1) is 17.3 Å². The van der Waals surface area contributed by atoms with Gasteiger partial charge in [-0.3, -0.25) is 9.59 Å². The number of nitrogens with two attached hydrogens (primary N) is 1. The van der Waals surface area contributed by atoms with Gasteiger partial charge in [0.05, 0.1) is 11.8 Å². The van der Waals surface area contributed by atoms with Crippen molar-refractivity contribution in [3.05, 3.63) is 0 Å². The number of carbonyl (C=O) groups is 2. The van der Waals surface area contributed by atoms with Gasteiger partial charge in [0.1, 0.15) is 0 Å². The number of amides is 1. The van der Waals surface area contributed by atoms with Gasteiger partial charge in [0.25, 0.3) is 0 Å². The molecule has 0 aromatic heterocycles. The third-order valence-electron chi connectivity index (χ3n) is 3.57. The van der Waals surface area contributed by atoms with Crippen LogP contribution in [0.5, 0.6) is 0 Å². The molecule has 110 valence electrons. The molecule has 0 saturated carbocycles. The number of carboxylic acid groups (broad SMARTS) is 1. The summed E-state index contributed by atoms with van der Waals surface area (Å²) in [5.41, 5.74) is 5.76. The number of likely N-dealkylation sites (tertiary alicyclic amines) is 1. The second kappa shape index (κ2) is 6.37. The molecule has 0 aromatic carbocycles. The minimum atomic E-state index is -0.808. The molecule has 3 N–H and O–H groups in total. The fraction of sp³-hybridized carbons (Fsp3) is 0.857. The van der Waals surface area contributed by atoms with Crippen LogP contribution in [-0.2, 0) is 9.59 Å². The van der Waals surface area contributed by atoms with Crippen LogP contribution in [0.4, 0.5) is 0 Å². The van der Waals surface area contributed by atoms with Gasteiger partial charge in [0, 0.05) is 19.6 Å². The first-order chi connectivity index (χ1) is 8.74. The molecule has 1 aliphatic heterocycles. The summed E-state index contributed by atoms with van der Waals surface area (Å²) in [7, 11) is 0. The van der Waals surface area contributed by atoms with E-state index in [1.807, 2.05) is 0 Å². The first kappa shape index (κ1) is 16.0. The lowest BCUT2D eigenvalue weighted by Crippen LogP contribution is -2.47. The quantitative estimate of drug-likeness (QED) is 0.807. The minimum Gasteiger partial charge on any atom is -0.481 e. The van der Waals surface area contributed by atoms with Gasteiger partial charge in [-0.25, -0.2) is 0 Å². The first-order valence-corrected chi connectivity index (χ1v) is 6.96. The van der Waals surface area contributed by atoms with E-state index in [0.717, 1.165) is 12.8 Å². The highest BCUT2D eigenvalue weighted by Crippen LogP contribution is 2.26. The van der Waals surface area contributed by atoms with E-state index < -0.39 is 11.9 Å². The molecule has 19 heavy (non-hydrogen) atoms. The standard InChI is InChI=1S/C14H26N2O3/c1-14(2,3)7-11(8-15)12(17)16-6-4-5-10(9-16)13(18)19/h10-11H,4-9,15H2,1-3H3,(H,18,19). The lowest BCUT2D eigenvalue weighted by atomic mass is 9.83. The number of nitrogens with zero attached hydrogens (tertiary/aromatic N) is 1. The average Bonchev–Trinajstić information content (AvgIpc) is 2.34. The molecule has 5 heteroatoms. The van der Waals surface area contributed by atoms with Crippen LogP contribution in [0.15, 0.2) is 0 Å². The van der Waals surface area contributed by atoms with Crippen molar-refractivity contribution in [2.75, 3.05) is 19.6 Å². The Morgan fingerprint density at radius 3 is 2.53 bits per heavy atom. The molecule has 0 spiro atoms. The SMILES string of the molecule is CC(C)(C)CC(CN)C(=O)N1CCCC(C(=O)O)C1.